The predicted molar refractivity (Wildman–Crippen MR) is 107 cm³/mol. The van der Waals surface area contributed by atoms with Crippen LogP contribution in [0.4, 0.5) is 11.6 Å². The van der Waals surface area contributed by atoms with E-state index in [0.29, 0.717) is 40.0 Å². The first-order valence-electron chi connectivity index (χ1n) is 8.65. The second-order valence-electron chi connectivity index (χ2n) is 6.16. The number of carbonyl (C=O) groups is 1. The molecule has 2 heterocycles. The number of nitrogens with one attached hydrogen (secondary N) is 1. The van der Waals surface area contributed by atoms with Gasteiger partial charge in [-0.25, -0.2) is 4.98 Å². The van der Waals surface area contributed by atoms with Crippen LogP contribution >= 0.6 is 0 Å². The minimum atomic E-state index is -0.152. The smallest absolute Gasteiger partial charge is 0.230 e. The van der Waals surface area contributed by atoms with Gasteiger partial charge in [0, 0.05) is 23.5 Å². The fraction of sp³-hybridized carbons (Fsp3) is 0.0476. The van der Waals surface area contributed by atoms with Crippen LogP contribution in [0.3, 0.4) is 0 Å². The second kappa shape index (κ2) is 7.77. The molecule has 1 aliphatic heterocycles. The molecular weight excluding hydrogens is 383 g/mol. The Morgan fingerprint density at radius 2 is 2.00 bits per heavy atom. The highest BCUT2D eigenvalue weighted by atomic mass is 27.0. The molecule has 0 saturated heterocycles. The number of ether oxygens (including phenoxy) is 2. The second-order valence-corrected chi connectivity index (χ2v) is 6.50. The molecule has 0 spiro atoms. The number of ketones is 1. The summed E-state index contributed by atoms with van der Waals surface area (Å²) >= 11 is 2.37. The van der Waals surface area contributed by atoms with Crippen LogP contribution in [-0.4, -0.2) is 32.0 Å². The fourth-order valence-electron chi connectivity index (χ4n) is 2.82. The van der Waals surface area contributed by atoms with Crippen molar-refractivity contribution >= 4 is 33.7 Å². The number of nitrogens with zero attached hydrogens (tertiary/aromatic N) is 3. The third-order valence-electron chi connectivity index (χ3n) is 4.30. The van der Waals surface area contributed by atoms with E-state index in [2.05, 4.69) is 37.6 Å². The van der Waals surface area contributed by atoms with Crippen molar-refractivity contribution in [3.8, 4) is 23.4 Å². The molecular formula is C21H13AlN4O3. The van der Waals surface area contributed by atoms with Gasteiger partial charge in [0.1, 0.15) is 11.5 Å². The molecule has 2 aromatic carbocycles. The Labute approximate surface area is 175 Å². The number of hydrogen-bond donors (Lipinski definition) is 1. The zero-order valence-electron chi connectivity index (χ0n) is 15.3. The summed E-state index contributed by atoms with van der Waals surface area (Å²) in [4.78, 5) is 22.3. The van der Waals surface area contributed by atoms with Crippen molar-refractivity contribution in [2.75, 3.05) is 5.32 Å². The molecule has 0 fully saturated rings. The molecule has 1 N–H and O–H groups in total. The molecule has 0 bridgehead atoms. The molecule has 0 saturated carbocycles. The van der Waals surface area contributed by atoms with Gasteiger partial charge >= 0.3 is 0 Å². The van der Waals surface area contributed by atoms with Gasteiger partial charge < -0.3 is 14.8 Å². The molecule has 8 heteroatoms. The number of allylic oxidation sites excluding steroid dienone is 1. The lowest BCUT2D eigenvalue weighted by molar-refractivity contribution is 0.101. The van der Waals surface area contributed by atoms with E-state index < -0.39 is 0 Å². The molecule has 0 unspecified atom stereocenters. The molecule has 1 aliphatic rings. The largest absolute Gasteiger partial charge is 0.454 e. The summed E-state index contributed by atoms with van der Waals surface area (Å²) in [5.41, 5.74) is 2.53. The topological polar surface area (TPSA) is 97.1 Å². The van der Waals surface area contributed by atoms with Gasteiger partial charge in [-0.15, -0.1) is 4.94 Å². The first kappa shape index (κ1) is 18.7. The minimum absolute atomic E-state index is 0.152. The van der Waals surface area contributed by atoms with E-state index in [1.165, 1.54) is 0 Å². The number of aromatic nitrogens is 2. The van der Waals surface area contributed by atoms with Gasteiger partial charge in [-0.1, -0.05) is 0 Å². The zero-order chi connectivity index (χ0) is 20.4. The fourth-order valence-corrected chi connectivity index (χ4v) is 3.04. The van der Waals surface area contributed by atoms with Crippen molar-refractivity contribution < 1.29 is 14.3 Å². The molecule has 0 amide bonds. The Balaban J connectivity index is 1.56. The van der Waals surface area contributed by atoms with Gasteiger partial charge in [0.2, 0.25) is 17.6 Å². The number of hydrogen-bond acceptors (Lipinski definition) is 7. The molecule has 3 aromatic rings. The molecule has 138 valence electrons. The SMILES string of the molecule is Cc1c(Oc2ccnc(Nc3ccc(C#N)cc3)n2)ccc2c1O/C(=[CH]\[Al])C2=O. The monoisotopic (exact) mass is 396 g/mol. The maximum absolute atomic E-state index is 12.2. The van der Waals surface area contributed by atoms with E-state index in [1.54, 1.807) is 53.6 Å². The van der Waals surface area contributed by atoms with Crippen LogP contribution in [0.5, 0.6) is 17.4 Å². The van der Waals surface area contributed by atoms with Crippen LogP contribution in [0.15, 0.2) is 59.4 Å². The van der Waals surface area contributed by atoms with E-state index in [-0.39, 0.29) is 11.5 Å². The third-order valence-corrected chi connectivity index (χ3v) is 4.61. The summed E-state index contributed by atoms with van der Waals surface area (Å²) in [6, 6.07) is 14.1. The molecule has 0 atom stereocenters. The normalized spacial score (nSPS) is 13.5. The van der Waals surface area contributed by atoms with Crippen molar-refractivity contribution in [3.63, 3.8) is 0 Å². The van der Waals surface area contributed by atoms with Gasteiger partial charge in [0.05, 0.1) is 17.2 Å². The Hall–Kier alpha value is -3.65. The zero-order valence-corrected chi connectivity index (χ0v) is 16.5. The predicted octanol–water partition coefficient (Wildman–Crippen LogP) is 3.78. The molecule has 1 aromatic heterocycles. The first-order valence-corrected chi connectivity index (χ1v) is 9.32. The summed E-state index contributed by atoms with van der Waals surface area (Å²) in [7, 11) is 0. The number of nitriles is 1. The lowest BCUT2D eigenvalue weighted by Gasteiger charge is -2.11. The molecule has 7 nitrogen and oxygen atoms in total. The Bertz CT molecular complexity index is 1180. The van der Waals surface area contributed by atoms with Crippen molar-refractivity contribution in [2.24, 2.45) is 0 Å². The number of benzene rings is 2. The lowest BCUT2D eigenvalue weighted by Crippen LogP contribution is -1.99. The molecule has 0 aliphatic carbocycles. The number of carbonyl (C=O) groups excluding carboxylic acids is 1. The highest BCUT2D eigenvalue weighted by Gasteiger charge is 2.29. The molecule has 29 heavy (non-hydrogen) atoms. The van der Waals surface area contributed by atoms with E-state index in [4.69, 9.17) is 14.7 Å². The number of fused-ring (bicyclic) bond motifs is 1. The highest BCUT2D eigenvalue weighted by Crippen LogP contribution is 2.39. The van der Waals surface area contributed by atoms with Crippen LogP contribution in [0.1, 0.15) is 21.5 Å². The van der Waals surface area contributed by atoms with E-state index in [9.17, 15) is 4.79 Å². The summed E-state index contributed by atoms with van der Waals surface area (Å²) in [6.07, 6.45) is 1.58. The number of rotatable bonds is 4. The van der Waals surface area contributed by atoms with E-state index >= 15 is 0 Å². The molecule has 4 rings (SSSR count). The van der Waals surface area contributed by atoms with E-state index in [0.717, 1.165) is 5.69 Å². The average molecular weight is 396 g/mol. The van der Waals surface area contributed by atoms with Gasteiger partial charge in [-0.2, -0.15) is 10.2 Å². The number of Topliss-reactive ketones (excluding diaryl/α,β-unsaturated/α-hetero) is 1. The first-order chi connectivity index (χ1) is 14.1. The Kier molecular flexibility index (Phi) is 5.01. The van der Waals surface area contributed by atoms with Crippen molar-refractivity contribution in [1.82, 2.24) is 9.97 Å². The average Bonchev–Trinajstić information content (AvgIpc) is 3.07. The van der Waals surface area contributed by atoms with Gasteiger partial charge in [-0.05, 0) is 43.3 Å². The minimum Gasteiger partial charge on any atom is -0.454 e. The maximum Gasteiger partial charge on any atom is 0.230 e. The van der Waals surface area contributed by atoms with Crippen molar-refractivity contribution in [1.29, 1.82) is 5.26 Å². The Morgan fingerprint density at radius 3 is 2.72 bits per heavy atom. The lowest BCUT2D eigenvalue weighted by atomic mass is 10.1. The van der Waals surface area contributed by atoms with Crippen LogP contribution in [0.25, 0.3) is 0 Å². The van der Waals surface area contributed by atoms with Gasteiger partial charge in [0.25, 0.3) is 0 Å². The number of anilines is 2. The Morgan fingerprint density at radius 1 is 1.21 bits per heavy atom. The maximum atomic E-state index is 12.2. The highest BCUT2D eigenvalue weighted by molar-refractivity contribution is 6.23. The van der Waals surface area contributed by atoms with Crippen molar-refractivity contribution in [2.45, 2.75) is 6.92 Å². The van der Waals surface area contributed by atoms with Crippen LogP contribution in [0.2, 0.25) is 0 Å². The van der Waals surface area contributed by atoms with Gasteiger partial charge in [-0.3, -0.25) is 4.79 Å². The summed E-state index contributed by atoms with van der Waals surface area (Å²) in [6.45, 7) is 1.82. The van der Waals surface area contributed by atoms with Crippen LogP contribution in [-0.2, 0) is 0 Å². The summed E-state index contributed by atoms with van der Waals surface area (Å²) < 4.78 is 11.5. The third kappa shape index (κ3) is 3.70. The van der Waals surface area contributed by atoms with Crippen LogP contribution < -0.4 is 14.8 Å². The van der Waals surface area contributed by atoms with Crippen LogP contribution in [0, 0.1) is 18.3 Å². The quantitative estimate of drug-likeness (QED) is 0.529. The van der Waals surface area contributed by atoms with Gasteiger partial charge in [0.15, 0.2) is 22.0 Å². The summed E-state index contributed by atoms with van der Waals surface area (Å²) in [5.74, 6) is 1.84. The summed E-state index contributed by atoms with van der Waals surface area (Å²) in [5, 5.41) is 11.9. The standard InChI is InChI=1S/C21H13N4O3.Al/c1-12-17(8-7-16-19(26)13(2)27-20(12)16)28-18-9-10-23-21(25-18)24-15-5-3-14(11-22)4-6-15;/h2-10H,1H3,(H,23,24,25);. The van der Waals surface area contributed by atoms with Crippen molar-refractivity contribution in [3.05, 3.63) is 76.0 Å². The van der Waals surface area contributed by atoms with E-state index in [1.807, 2.05) is 6.92 Å². The molecule has 2 radical (unpaired) electrons.